The summed E-state index contributed by atoms with van der Waals surface area (Å²) in [4.78, 5) is 0. The van der Waals surface area contributed by atoms with E-state index in [1.165, 1.54) is 12.8 Å². The number of hydrogen-bond donors (Lipinski definition) is 1. The number of ether oxygens (including phenoxy) is 1. The van der Waals surface area contributed by atoms with Gasteiger partial charge >= 0.3 is 0 Å². The van der Waals surface area contributed by atoms with Crippen molar-refractivity contribution in [1.29, 1.82) is 0 Å². The highest BCUT2D eigenvalue weighted by Crippen LogP contribution is 2.35. The molecule has 1 saturated carbocycles. The van der Waals surface area contributed by atoms with E-state index in [-0.39, 0.29) is 6.10 Å². The molecule has 1 aliphatic carbocycles. The van der Waals surface area contributed by atoms with Gasteiger partial charge in [-0.05, 0) is 43.4 Å². The number of aliphatic hydroxyl groups is 1. The first-order valence-corrected chi connectivity index (χ1v) is 6.22. The van der Waals surface area contributed by atoms with Crippen molar-refractivity contribution in [2.75, 3.05) is 6.61 Å². The van der Waals surface area contributed by atoms with E-state index in [0.717, 1.165) is 24.2 Å². The Morgan fingerprint density at radius 2 is 1.88 bits per heavy atom. The van der Waals surface area contributed by atoms with Gasteiger partial charge in [-0.2, -0.15) is 0 Å². The van der Waals surface area contributed by atoms with Crippen LogP contribution < -0.4 is 4.74 Å². The average molecular weight is 220 g/mol. The van der Waals surface area contributed by atoms with Crippen molar-refractivity contribution in [2.24, 2.45) is 5.92 Å². The summed E-state index contributed by atoms with van der Waals surface area (Å²) in [5.74, 6) is 1.34. The molecule has 1 atom stereocenters. The van der Waals surface area contributed by atoms with Crippen LogP contribution in [0.15, 0.2) is 24.3 Å². The lowest BCUT2D eigenvalue weighted by Gasteiger charge is -2.18. The fourth-order valence-corrected chi connectivity index (χ4v) is 2.47. The van der Waals surface area contributed by atoms with E-state index in [0.29, 0.717) is 12.5 Å². The Morgan fingerprint density at radius 1 is 1.25 bits per heavy atom. The van der Waals surface area contributed by atoms with Gasteiger partial charge in [0.1, 0.15) is 5.75 Å². The minimum Gasteiger partial charge on any atom is -0.494 e. The summed E-state index contributed by atoms with van der Waals surface area (Å²) in [7, 11) is 0. The van der Waals surface area contributed by atoms with Gasteiger partial charge in [0.2, 0.25) is 0 Å². The third-order valence-electron chi connectivity index (χ3n) is 3.38. The Hall–Kier alpha value is -1.02. The molecule has 0 radical (unpaired) electrons. The highest BCUT2D eigenvalue weighted by Gasteiger charge is 2.24. The third-order valence-corrected chi connectivity index (χ3v) is 3.38. The van der Waals surface area contributed by atoms with Crippen LogP contribution in [0.5, 0.6) is 5.75 Å². The van der Waals surface area contributed by atoms with Crippen molar-refractivity contribution < 1.29 is 9.84 Å². The second kappa shape index (κ2) is 5.35. The predicted octanol–water partition coefficient (Wildman–Crippen LogP) is 3.31. The molecule has 88 valence electrons. The van der Waals surface area contributed by atoms with E-state index >= 15 is 0 Å². The molecule has 2 heteroatoms. The molecule has 1 N–H and O–H groups in total. The van der Waals surface area contributed by atoms with Gasteiger partial charge in [-0.25, -0.2) is 0 Å². The maximum Gasteiger partial charge on any atom is 0.119 e. The smallest absolute Gasteiger partial charge is 0.119 e. The van der Waals surface area contributed by atoms with Crippen molar-refractivity contribution in [3.05, 3.63) is 29.8 Å². The van der Waals surface area contributed by atoms with Crippen molar-refractivity contribution in [2.45, 2.75) is 38.7 Å². The van der Waals surface area contributed by atoms with Crippen LogP contribution in [0.2, 0.25) is 0 Å². The Bertz CT molecular complexity index is 312. The summed E-state index contributed by atoms with van der Waals surface area (Å²) in [6.45, 7) is 2.66. The van der Waals surface area contributed by atoms with E-state index < -0.39 is 0 Å². The zero-order valence-corrected chi connectivity index (χ0v) is 9.86. The lowest BCUT2D eigenvalue weighted by molar-refractivity contribution is 0.111. The van der Waals surface area contributed by atoms with Crippen LogP contribution in [-0.4, -0.2) is 11.7 Å². The highest BCUT2D eigenvalue weighted by atomic mass is 16.5. The molecule has 1 aromatic rings. The van der Waals surface area contributed by atoms with Crippen molar-refractivity contribution >= 4 is 0 Å². The molecule has 1 fully saturated rings. The molecule has 0 heterocycles. The van der Waals surface area contributed by atoms with E-state index in [2.05, 4.69) is 0 Å². The van der Waals surface area contributed by atoms with E-state index in [9.17, 15) is 5.11 Å². The van der Waals surface area contributed by atoms with Crippen LogP contribution in [-0.2, 0) is 0 Å². The quantitative estimate of drug-likeness (QED) is 0.843. The predicted molar refractivity (Wildman–Crippen MR) is 64.5 cm³/mol. The van der Waals surface area contributed by atoms with Gasteiger partial charge in [0, 0.05) is 0 Å². The average Bonchev–Trinajstić information content (AvgIpc) is 2.83. The molecule has 0 bridgehead atoms. The van der Waals surface area contributed by atoms with E-state index in [4.69, 9.17) is 4.74 Å². The molecule has 0 saturated heterocycles. The first kappa shape index (κ1) is 11.5. The van der Waals surface area contributed by atoms with Crippen molar-refractivity contribution in [3.8, 4) is 5.75 Å². The topological polar surface area (TPSA) is 29.5 Å². The Kier molecular flexibility index (Phi) is 3.83. The first-order chi connectivity index (χ1) is 7.81. The first-order valence-electron chi connectivity index (χ1n) is 6.22. The number of aliphatic hydroxyl groups excluding tert-OH is 1. The lowest BCUT2D eigenvalue weighted by atomic mass is 9.94. The van der Waals surface area contributed by atoms with Crippen LogP contribution in [0.3, 0.4) is 0 Å². The summed E-state index contributed by atoms with van der Waals surface area (Å²) >= 11 is 0. The van der Waals surface area contributed by atoms with Gasteiger partial charge in [0.25, 0.3) is 0 Å². The molecular formula is C14H20O2. The normalized spacial score (nSPS) is 18.6. The second-order valence-corrected chi connectivity index (χ2v) is 4.49. The van der Waals surface area contributed by atoms with E-state index in [1.54, 1.807) is 0 Å². The van der Waals surface area contributed by atoms with Gasteiger partial charge in [-0.1, -0.05) is 25.0 Å². The van der Waals surface area contributed by atoms with Crippen LogP contribution in [0.1, 0.15) is 44.3 Å². The van der Waals surface area contributed by atoms with Gasteiger partial charge in [-0.15, -0.1) is 0 Å². The summed E-state index contributed by atoms with van der Waals surface area (Å²) in [5, 5.41) is 10.2. The number of rotatable bonds is 4. The highest BCUT2D eigenvalue weighted by molar-refractivity contribution is 5.28. The third kappa shape index (κ3) is 2.56. The molecule has 0 spiro atoms. The molecule has 1 unspecified atom stereocenters. The lowest BCUT2D eigenvalue weighted by Crippen LogP contribution is -2.08. The monoisotopic (exact) mass is 220 g/mol. The largest absolute Gasteiger partial charge is 0.494 e. The molecule has 2 nitrogen and oxygen atoms in total. The molecule has 2 rings (SSSR count). The minimum atomic E-state index is -0.293. The molecular weight excluding hydrogens is 200 g/mol. The summed E-state index contributed by atoms with van der Waals surface area (Å²) < 4.78 is 5.38. The number of benzene rings is 1. The zero-order chi connectivity index (χ0) is 11.4. The summed E-state index contributed by atoms with van der Waals surface area (Å²) in [5.41, 5.74) is 1.02. The van der Waals surface area contributed by atoms with Crippen molar-refractivity contribution in [3.63, 3.8) is 0 Å². The number of hydrogen-bond acceptors (Lipinski definition) is 2. The Labute approximate surface area is 97.3 Å². The molecule has 16 heavy (non-hydrogen) atoms. The zero-order valence-electron chi connectivity index (χ0n) is 9.86. The minimum absolute atomic E-state index is 0.293. The fraction of sp³-hybridized carbons (Fsp3) is 0.571. The van der Waals surface area contributed by atoms with Gasteiger partial charge < -0.3 is 9.84 Å². The van der Waals surface area contributed by atoms with Crippen LogP contribution in [0.4, 0.5) is 0 Å². The standard InChI is InChI=1S/C14H20O2/c1-2-16-13-9-7-12(8-10-13)14(15)11-5-3-4-6-11/h7-11,14-15H,2-6H2,1H3. The molecule has 0 amide bonds. The SMILES string of the molecule is CCOc1ccc(C(O)C2CCCC2)cc1. The Balaban J connectivity index is 2.02. The van der Waals surface area contributed by atoms with E-state index in [1.807, 2.05) is 31.2 Å². The second-order valence-electron chi connectivity index (χ2n) is 4.49. The van der Waals surface area contributed by atoms with Gasteiger partial charge in [0.15, 0.2) is 0 Å². The van der Waals surface area contributed by atoms with Crippen molar-refractivity contribution in [1.82, 2.24) is 0 Å². The van der Waals surface area contributed by atoms with Gasteiger partial charge in [0.05, 0.1) is 12.7 Å². The summed E-state index contributed by atoms with van der Waals surface area (Å²) in [6, 6.07) is 7.84. The Morgan fingerprint density at radius 3 is 2.44 bits per heavy atom. The summed E-state index contributed by atoms with van der Waals surface area (Å²) in [6.07, 6.45) is 4.55. The van der Waals surface area contributed by atoms with Crippen LogP contribution >= 0.6 is 0 Å². The van der Waals surface area contributed by atoms with Crippen LogP contribution in [0.25, 0.3) is 0 Å². The maximum absolute atomic E-state index is 10.2. The molecule has 0 aromatic heterocycles. The molecule has 1 aromatic carbocycles. The fourth-order valence-electron chi connectivity index (χ4n) is 2.47. The molecule has 1 aliphatic rings. The van der Waals surface area contributed by atoms with Gasteiger partial charge in [-0.3, -0.25) is 0 Å². The maximum atomic E-state index is 10.2. The molecule has 0 aliphatic heterocycles. The van der Waals surface area contributed by atoms with Crippen LogP contribution in [0, 0.1) is 5.92 Å².